The predicted octanol–water partition coefficient (Wildman–Crippen LogP) is 3.49. The van der Waals surface area contributed by atoms with Gasteiger partial charge in [0.15, 0.2) is 5.82 Å². The third-order valence-corrected chi connectivity index (χ3v) is 7.37. The first-order valence-corrected chi connectivity index (χ1v) is 12.6. The second kappa shape index (κ2) is 9.84. The van der Waals surface area contributed by atoms with Gasteiger partial charge in [-0.2, -0.15) is 0 Å². The zero-order valence-corrected chi connectivity index (χ0v) is 20.8. The number of likely N-dealkylation sites (tertiary alicyclic amines) is 1. The van der Waals surface area contributed by atoms with Gasteiger partial charge in [0.2, 0.25) is 5.88 Å². The molecule has 0 saturated carbocycles. The number of fused-ring (bicyclic) bond motifs is 2. The van der Waals surface area contributed by atoms with E-state index in [9.17, 15) is 9.18 Å². The molecule has 3 aliphatic rings. The van der Waals surface area contributed by atoms with Crippen molar-refractivity contribution in [1.29, 1.82) is 0 Å². The molecule has 3 aromatic rings. The largest absolute Gasteiger partial charge is 0.474 e. The van der Waals surface area contributed by atoms with Crippen LogP contribution in [-0.4, -0.2) is 78.7 Å². The lowest BCUT2D eigenvalue weighted by molar-refractivity contribution is -0.0964. The van der Waals surface area contributed by atoms with Crippen LogP contribution in [0.4, 0.5) is 30.8 Å². The first-order valence-electron chi connectivity index (χ1n) is 12.6. The maximum atomic E-state index is 15.4. The number of nitrogen functional groups attached to an aromatic ring is 1. The van der Waals surface area contributed by atoms with Crippen molar-refractivity contribution in [2.75, 3.05) is 55.8 Å². The number of piperidine rings is 1. The molecule has 2 saturated heterocycles. The van der Waals surface area contributed by atoms with Crippen LogP contribution in [0.25, 0.3) is 21.9 Å². The average molecular weight is 527 g/mol. The Morgan fingerprint density at radius 1 is 1.26 bits per heavy atom. The molecule has 38 heavy (non-hydrogen) atoms. The summed E-state index contributed by atoms with van der Waals surface area (Å²) in [5.41, 5.74) is 8.39. The van der Waals surface area contributed by atoms with Crippen LogP contribution in [0, 0.1) is 12.7 Å². The summed E-state index contributed by atoms with van der Waals surface area (Å²) in [7, 11) is 0. The molecule has 3 aliphatic heterocycles. The summed E-state index contributed by atoms with van der Waals surface area (Å²) in [5.74, 6) is 0.0585. The number of alkyl halides is 1. The Morgan fingerprint density at radius 2 is 2.11 bits per heavy atom. The molecule has 200 valence electrons. The molecular formula is C26H28F2N6O4. The number of hydrogen-bond acceptors (Lipinski definition) is 9. The van der Waals surface area contributed by atoms with Crippen LogP contribution in [0.2, 0.25) is 0 Å². The van der Waals surface area contributed by atoms with Crippen molar-refractivity contribution in [3.8, 4) is 17.0 Å². The summed E-state index contributed by atoms with van der Waals surface area (Å²) in [6, 6.07) is 3.44. The van der Waals surface area contributed by atoms with E-state index >= 15 is 4.39 Å². The molecule has 5 heterocycles. The van der Waals surface area contributed by atoms with Crippen LogP contribution in [-0.2, 0) is 9.47 Å². The molecule has 10 nitrogen and oxygen atoms in total. The second-order valence-electron chi connectivity index (χ2n) is 9.75. The molecule has 2 fully saturated rings. The van der Waals surface area contributed by atoms with Crippen LogP contribution in [0.5, 0.6) is 5.88 Å². The number of carbonyl (C=O) groups is 1. The minimum absolute atomic E-state index is 0.0654. The van der Waals surface area contributed by atoms with Crippen LogP contribution in [0.1, 0.15) is 12.0 Å². The maximum Gasteiger partial charge on any atom is 0.413 e. The fraction of sp³-hybridized carbons (Fsp3) is 0.423. The Labute approximate surface area is 217 Å². The summed E-state index contributed by atoms with van der Waals surface area (Å²) in [5, 5.41) is 6.76. The molecule has 0 aliphatic carbocycles. The number of halogens is 2. The molecule has 12 heteroatoms. The van der Waals surface area contributed by atoms with Crippen molar-refractivity contribution >= 4 is 34.1 Å². The van der Waals surface area contributed by atoms with Crippen LogP contribution >= 0.6 is 0 Å². The van der Waals surface area contributed by atoms with E-state index in [1.165, 1.54) is 6.20 Å². The van der Waals surface area contributed by atoms with Gasteiger partial charge in [0.05, 0.1) is 24.9 Å². The lowest BCUT2D eigenvalue weighted by Gasteiger charge is -2.42. The molecule has 4 N–H and O–H groups in total. The van der Waals surface area contributed by atoms with Crippen LogP contribution < -0.4 is 21.1 Å². The zero-order valence-electron chi connectivity index (χ0n) is 20.8. The Bertz CT molecular complexity index is 1400. The highest BCUT2D eigenvalue weighted by atomic mass is 19.1. The Kier molecular flexibility index (Phi) is 6.36. The van der Waals surface area contributed by atoms with Crippen molar-refractivity contribution in [3.05, 3.63) is 35.9 Å². The minimum atomic E-state index is -1.29. The average Bonchev–Trinajstić information content (AvgIpc) is 2.87. The van der Waals surface area contributed by atoms with Crippen molar-refractivity contribution in [3.63, 3.8) is 0 Å². The van der Waals surface area contributed by atoms with Crippen molar-refractivity contribution in [2.24, 2.45) is 0 Å². The smallest absolute Gasteiger partial charge is 0.413 e. The number of nitrogens with two attached hydrogens (primary N) is 1. The number of ether oxygens (including phenoxy) is 3. The van der Waals surface area contributed by atoms with Gasteiger partial charge < -0.3 is 25.3 Å². The summed E-state index contributed by atoms with van der Waals surface area (Å²) in [6.45, 7) is 5.03. The van der Waals surface area contributed by atoms with Gasteiger partial charge in [-0.1, -0.05) is 0 Å². The molecule has 2 aromatic heterocycles. The molecular weight excluding hydrogens is 498 g/mol. The standard InChI is InChI=1S/C26H28F2N6O4/c1-13-17(8-32-25-24(13)30-3-5-37-25)16-6-14-7-21(31-9-18(14)23(29)22(16)28)33-26(35)38-20-2-4-34(10-19(20)27)15-11-36-12-15/h6-9,15,19-20,30H,2-5,10-12,29H2,1H3,(H,31,33,35). The lowest BCUT2D eigenvalue weighted by Crippen LogP contribution is -2.56. The number of nitrogens with zero attached hydrogens (tertiary/aromatic N) is 3. The van der Waals surface area contributed by atoms with Gasteiger partial charge >= 0.3 is 6.09 Å². The molecule has 1 amide bonds. The summed E-state index contributed by atoms with van der Waals surface area (Å²) >= 11 is 0. The van der Waals surface area contributed by atoms with Gasteiger partial charge in [0, 0.05) is 55.0 Å². The van der Waals surface area contributed by atoms with E-state index in [0.29, 0.717) is 67.2 Å². The Balaban J connectivity index is 1.21. The number of amides is 1. The van der Waals surface area contributed by atoms with E-state index < -0.39 is 24.2 Å². The van der Waals surface area contributed by atoms with Gasteiger partial charge in [-0.3, -0.25) is 10.2 Å². The lowest BCUT2D eigenvalue weighted by atomic mass is 9.97. The van der Waals surface area contributed by atoms with E-state index in [0.717, 1.165) is 5.56 Å². The van der Waals surface area contributed by atoms with Crippen molar-refractivity contribution < 1.29 is 27.8 Å². The van der Waals surface area contributed by atoms with Crippen molar-refractivity contribution in [2.45, 2.75) is 31.7 Å². The monoisotopic (exact) mass is 526 g/mol. The first-order chi connectivity index (χ1) is 18.4. The van der Waals surface area contributed by atoms with Gasteiger partial charge in [0.1, 0.15) is 30.4 Å². The number of aromatic nitrogens is 2. The van der Waals surface area contributed by atoms with Crippen LogP contribution in [0.15, 0.2) is 24.5 Å². The fourth-order valence-electron chi connectivity index (χ4n) is 5.13. The number of anilines is 3. The molecule has 0 bridgehead atoms. The first kappa shape index (κ1) is 24.6. The third-order valence-electron chi connectivity index (χ3n) is 7.37. The van der Waals surface area contributed by atoms with Gasteiger partial charge in [-0.05, 0) is 30.0 Å². The third kappa shape index (κ3) is 4.43. The Morgan fingerprint density at radius 3 is 2.87 bits per heavy atom. The number of carbonyl (C=O) groups excluding carboxylic acids is 1. The Hall–Kier alpha value is -3.77. The van der Waals surface area contributed by atoms with E-state index in [1.54, 1.807) is 18.3 Å². The number of rotatable bonds is 4. The fourth-order valence-corrected chi connectivity index (χ4v) is 5.13. The number of nitrogens with one attached hydrogen (secondary N) is 2. The topological polar surface area (TPSA) is 124 Å². The molecule has 2 atom stereocenters. The molecule has 1 aromatic carbocycles. The zero-order chi connectivity index (χ0) is 26.4. The molecule has 6 rings (SSSR count). The highest BCUT2D eigenvalue weighted by molar-refractivity contribution is 5.99. The van der Waals surface area contributed by atoms with E-state index in [4.69, 9.17) is 19.9 Å². The SMILES string of the molecule is Cc1c(-c2cc3cc(NC(=O)OC4CCN(C5COC5)CC4F)ncc3c(N)c2F)cnc2c1NCCO2. The maximum absolute atomic E-state index is 15.4. The molecule has 0 radical (unpaired) electrons. The summed E-state index contributed by atoms with van der Waals surface area (Å²) < 4.78 is 46.2. The van der Waals surface area contributed by atoms with E-state index in [2.05, 4.69) is 20.6 Å². The summed E-state index contributed by atoms with van der Waals surface area (Å²) in [6.07, 6.45) is 0.390. The summed E-state index contributed by atoms with van der Waals surface area (Å²) in [4.78, 5) is 23.1. The van der Waals surface area contributed by atoms with Gasteiger partial charge in [-0.25, -0.2) is 23.5 Å². The van der Waals surface area contributed by atoms with Crippen molar-refractivity contribution in [1.82, 2.24) is 14.9 Å². The quantitative estimate of drug-likeness (QED) is 0.438. The van der Waals surface area contributed by atoms with E-state index in [-0.39, 0.29) is 29.7 Å². The number of pyridine rings is 2. The molecule has 0 spiro atoms. The van der Waals surface area contributed by atoms with Crippen LogP contribution in [0.3, 0.4) is 0 Å². The predicted molar refractivity (Wildman–Crippen MR) is 138 cm³/mol. The van der Waals surface area contributed by atoms with E-state index in [1.807, 2.05) is 11.8 Å². The second-order valence-corrected chi connectivity index (χ2v) is 9.75. The normalized spacial score (nSPS) is 21.7. The highest BCUT2D eigenvalue weighted by Gasteiger charge is 2.37. The highest BCUT2D eigenvalue weighted by Crippen LogP contribution is 2.39. The minimum Gasteiger partial charge on any atom is -0.474 e. The number of hydrogen-bond donors (Lipinski definition) is 3. The van der Waals surface area contributed by atoms with Gasteiger partial charge in [-0.15, -0.1) is 0 Å². The number of benzene rings is 1. The van der Waals surface area contributed by atoms with Gasteiger partial charge in [0.25, 0.3) is 0 Å². The molecule has 2 unspecified atom stereocenters.